The van der Waals surface area contributed by atoms with Gasteiger partial charge in [0, 0.05) is 87.7 Å². The topological polar surface area (TPSA) is 490 Å². The van der Waals surface area contributed by atoms with Crippen molar-refractivity contribution in [3.63, 3.8) is 0 Å². The number of aliphatic hydroxyl groups excluding tert-OH is 3. The summed E-state index contributed by atoms with van der Waals surface area (Å²) in [6.45, 7) is 6.79. The monoisotopic (exact) mass is 1610 g/mol. The maximum absolute atomic E-state index is 15.6. The Bertz CT molecular complexity index is 4520. The van der Waals surface area contributed by atoms with Gasteiger partial charge in [0.15, 0.2) is 28.9 Å². The summed E-state index contributed by atoms with van der Waals surface area (Å²) in [5.41, 5.74) is 8.60. The second kappa shape index (κ2) is 42.6. The molecule has 2 unspecified atom stereocenters. The van der Waals surface area contributed by atoms with Crippen LogP contribution in [0, 0.1) is 42.3 Å². The SMILES string of the molecule is CCc1cc(OC)ccc1-c1ccc(C[C@H](NC(=O)[C@H](CC(=O)O)CC(=O)[C@H](CO)NC(=O)[C@@H](CC(=O)C(C)(Cc2ccccc2F)NC(=O)[C@@H](CC(=O)CNC(=O)[C@H](CCC(=O)O)CC(=O)C2(C)CCCN2C(=O)[C@H](Cc2c[nH]cn2)NC(=O)OC)[C@@H](C)O)[C@@H](C)O)C(=O)C[C@@H](Cc2ccc(-c3ccccc3C)nc2)C(N)=O)cc1. The molecule has 1 aliphatic heterocycles. The Morgan fingerprint density at radius 2 is 1.34 bits per heavy atom. The number of likely N-dealkylation sites (tertiary alicyclic amines) is 1. The van der Waals surface area contributed by atoms with Crippen LogP contribution >= 0.6 is 0 Å². The Labute approximate surface area is 670 Å². The number of nitrogens with two attached hydrogens (primary N) is 1. The fourth-order valence-electron chi connectivity index (χ4n) is 14.2. The number of hydrogen-bond acceptors (Lipinski definition) is 21. The number of imidazole rings is 1. The Hall–Kier alpha value is -11.8. The lowest BCUT2D eigenvalue weighted by Gasteiger charge is -2.37. The van der Waals surface area contributed by atoms with Crippen molar-refractivity contribution in [2.24, 2.45) is 35.3 Å². The van der Waals surface area contributed by atoms with Crippen molar-refractivity contribution < 1.29 is 107 Å². The molecule has 622 valence electrons. The molecule has 7 amide bonds. The van der Waals surface area contributed by atoms with E-state index in [1.807, 2.05) is 68.4 Å². The normalized spacial score (nSPS) is 16.3. The Balaban J connectivity index is 1.05. The number of pyridine rings is 1. The second-order valence-corrected chi connectivity index (χ2v) is 29.8. The molecular weight excluding hydrogens is 1500 g/mol. The first-order valence-corrected chi connectivity index (χ1v) is 38.2. The van der Waals surface area contributed by atoms with E-state index >= 15 is 4.39 Å². The number of hydrogen-bond donors (Lipinski definition) is 12. The highest BCUT2D eigenvalue weighted by atomic mass is 19.1. The number of aliphatic hydroxyl groups is 3. The Kier molecular flexibility index (Phi) is 33.5. The van der Waals surface area contributed by atoms with E-state index < -0.39 is 230 Å². The summed E-state index contributed by atoms with van der Waals surface area (Å²) in [5, 5.41) is 65.1. The van der Waals surface area contributed by atoms with Crippen LogP contribution in [-0.2, 0) is 99.2 Å². The number of H-pyrrole nitrogens is 1. The van der Waals surface area contributed by atoms with Crippen LogP contribution in [0.15, 0.2) is 122 Å². The number of carboxylic acid groups (broad SMARTS) is 2. The van der Waals surface area contributed by atoms with E-state index in [0.717, 1.165) is 61.8 Å². The number of primary amides is 1. The van der Waals surface area contributed by atoms with E-state index in [1.165, 1.54) is 42.5 Å². The molecular formula is C84H103FN10O21. The number of rotatable bonds is 46. The first-order valence-electron chi connectivity index (χ1n) is 38.2. The molecule has 12 atom stereocenters. The summed E-state index contributed by atoms with van der Waals surface area (Å²) in [6, 6.07) is 24.2. The van der Waals surface area contributed by atoms with Gasteiger partial charge in [0.1, 0.15) is 23.7 Å². The molecule has 31 nitrogen and oxygen atoms in total. The third-order valence-corrected chi connectivity index (χ3v) is 21.2. The number of carbonyl (C=O) groups is 14. The van der Waals surface area contributed by atoms with Crippen molar-refractivity contribution in [1.82, 2.24) is 46.4 Å². The minimum Gasteiger partial charge on any atom is -0.497 e. The average molecular weight is 1610 g/mol. The molecule has 1 aliphatic rings. The lowest BCUT2D eigenvalue weighted by atomic mass is 9.81. The number of ketones is 5. The number of methoxy groups -OCH3 is 2. The number of benzene rings is 4. The number of aliphatic carboxylic acids is 2. The number of aryl methyl sites for hydroxylation is 2. The number of ether oxygens (including phenoxy) is 2. The average Bonchev–Trinajstić information content (AvgIpc) is 1.61. The summed E-state index contributed by atoms with van der Waals surface area (Å²) in [6.07, 6.45) is -5.88. The van der Waals surface area contributed by atoms with Crippen LogP contribution in [0.1, 0.15) is 132 Å². The smallest absolute Gasteiger partial charge is 0.407 e. The zero-order valence-corrected chi connectivity index (χ0v) is 66.1. The minimum absolute atomic E-state index is 0.0400. The predicted octanol–water partition coefficient (Wildman–Crippen LogP) is 4.95. The zero-order chi connectivity index (χ0) is 85.3. The first-order chi connectivity index (χ1) is 55.0. The van der Waals surface area contributed by atoms with Crippen LogP contribution in [0.2, 0.25) is 0 Å². The third-order valence-electron chi connectivity index (χ3n) is 21.2. The molecule has 116 heavy (non-hydrogen) atoms. The lowest BCUT2D eigenvalue weighted by molar-refractivity contribution is -0.145. The second-order valence-electron chi connectivity index (χ2n) is 29.8. The summed E-state index contributed by atoms with van der Waals surface area (Å²) in [4.78, 5) is 206. The highest BCUT2D eigenvalue weighted by molar-refractivity contribution is 6.01. The molecule has 1 saturated heterocycles. The van der Waals surface area contributed by atoms with E-state index in [-0.39, 0.29) is 37.8 Å². The molecule has 0 radical (unpaired) electrons. The number of halogens is 1. The van der Waals surface area contributed by atoms with Crippen LogP contribution in [-0.4, -0.2) is 203 Å². The fourth-order valence-corrected chi connectivity index (χ4v) is 14.2. The standard InChI is InChI=1S/C84H103FN10O21/c1-9-52-33-60(115-7)25-26-62(52)53-22-19-50(20-23-53)32-67(70(100)34-56(76(86)108)31-51-21-27-66(88-42-51)61-17-12-10-15-47(61)2)91-78(110)57(37-75(106)107)35-71(101)69(45-96)92-79(111)64(49(4)98)40-72(102)83(5,41-55-16-11-13-18-65(55)85)94-80(112)63(48(3)97)39-59(99)44-89-77(109)54(24-28-74(104)105)36-73(103)84(6)29-14-30-95(84)81(113)68(93-82(114)116-8)38-58-43-87-46-90-58/h10-13,15-23,25-27,33,42-43,46,48-49,54,56-57,63-64,67-69,96-98H,9,14,24,28-32,34-41,44-45H2,1-8H3,(H2,86,108)(H,87,90)(H,89,109)(H,91,110)(H,92,111)(H,93,114)(H,94,112)(H,104,105)(H,106,107)/t48-,49-,54-,56-,57+,63+,64+,67+,68+,69+,83?,84?/m1/s1. The van der Waals surface area contributed by atoms with Crippen molar-refractivity contribution in [1.29, 1.82) is 0 Å². The highest BCUT2D eigenvalue weighted by Crippen LogP contribution is 2.35. The van der Waals surface area contributed by atoms with Gasteiger partial charge in [0.05, 0.1) is 98.6 Å². The zero-order valence-electron chi connectivity index (χ0n) is 66.1. The van der Waals surface area contributed by atoms with Crippen molar-refractivity contribution in [2.45, 2.75) is 179 Å². The number of alkyl carbamates (subject to hydrolysis) is 1. The molecule has 6 aromatic rings. The number of carbonyl (C=O) groups excluding carboxylic acids is 12. The van der Waals surface area contributed by atoms with Gasteiger partial charge >= 0.3 is 18.0 Å². The number of aromatic amines is 1. The van der Waals surface area contributed by atoms with Crippen molar-refractivity contribution in [2.75, 3.05) is 33.9 Å². The van der Waals surface area contributed by atoms with Crippen molar-refractivity contribution >= 4 is 82.4 Å². The molecule has 0 aliphatic carbocycles. The molecule has 0 bridgehead atoms. The Morgan fingerprint density at radius 1 is 0.681 bits per heavy atom. The van der Waals surface area contributed by atoms with Gasteiger partial charge in [-0.15, -0.1) is 0 Å². The van der Waals surface area contributed by atoms with Gasteiger partial charge in [-0.25, -0.2) is 14.2 Å². The van der Waals surface area contributed by atoms with Gasteiger partial charge in [-0.1, -0.05) is 85.8 Å². The summed E-state index contributed by atoms with van der Waals surface area (Å²) >= 11 is 0. The van der Waals surface area contributed by atoms with E-state index in [2.05, 4.69) is 41.5 Å². The highest BCUT2D eigenvalue weighted by Gasteiger charge is 2.49. The van der Waals surface area contributed by atoms with Gasteiger partial charge in [-0.05, 0) is 136 Å². The summed E-state index contributed by atoms with van der Waals surface area (Å²) < 4.78 is 25.8. The third kappa shape index (κ3) is 25.4. The molecule has 7 rings (SSSR count). The molecule has 4 aromatic carbocycles. The maximum atomic E-state index is 15.6. The molecule has 0 saturated carbocycles. The van der Waals surface area contributed by atoms with Crippen LogP contribution in [0.3, 0.4) is 0 Å². The van der Waals surface area contributed by atoms with Gasteiger partial charge in [-0.3, -0.25) is 67.3 Å². The largest absolute Gasteiger partial charge is 0.497 e. The van der Waals surface area contributed by atoms with Crippen LogP contribution in [0.4, 0.5) is 9.18 Å². The van der Waals surface area contributed by atoms with Crippen molar-refractivity contribution in [3.8, 4) is 28.1 Å². The Morgan fingerprint density at radius 3 is 1.94 bits per heavy atom. The van der Waals surface area contributed by atoms with E-state index in [1.54, 1.807) is 37.6 Å². The van der Waals surface area contributed by atoms with Crippen LogP contribution in [0.25, 0.3) is 22.4 Å². The van der Waals surface area contributed by atoms with Gasteiger partial charge in [0.2, 0.25) is 35.4 Å². The minimum atomic E-state index is -2.27. The molecule has 3 heterocycles. The fraction of sp³-hybridized carbons (Fsp3) is 0.452. The quantitative estimate of drug-likeness (QED) is 0.0240. The van der Waals surface area contributed by atoms with Gasteiger partial charge < -0.3 is 77.2 Å². The predicted molar refractivity (Wildman–Crippen MR) is 418 cm³/mol. The molecule has 32 heteroatoms. The molecule has 13 N–H and O–H groups in total. The lowest BCUT2D eigenvalue weighted by Crippen LogP contribution is -2.58. The molecule has 2 aromatic heterocycles. The number of nitrogens with one attached hydrogen (secondary N) is 6. The van der Waals surface area contributed by atoms with E-state index in [0.29, 0.717) is 41.1 Å². The van der Waals surface area contributed by atoms with Crippen LogP contribution in [0.5, 0.6) is 5.75 Å². The summed E-state index contributed by atoms with van der Waals surface area (Å²) in [5.74, 6) is -21.5. The summed E-state index contributed by atoms with van der Waals surface area (Å²) in [7, 11) is 2.65. The molecule has 0 spiro atoms. The number of nitrogens with zero attached hydrogens (tertiary/aromatic N) is 3. The van der Waals surface area contributed by atoms with Crippen molar-refractivity contribution in [3.05, 3.63) is 161 Å². The molecule has 1 fully saturated rings. The number of aromatic nitrogens is 3. The van der Waals surface area contributed by atoms with Crippen LogP contribution < -0.4 is 37.1 Å². The van der Waals surface area contributed by atoms with E-state index in [4.69, 9.17) is 15.2 Å². The number of carboxylic acids is 2. The van der Waals surface area contributed by atoms with Gasteiger partial charge in [0.25, 0.3) is 0 Å². The number of amides is 7. The van der Waals surface area contributed by atoms with Gasteiger partial charge in [-0.2, -0.15) is 0 Å². The maximum Gasteiger partial charge on any atom is 0.407 e. The number of Topliss-reactive ketones (excluding diaryl/α,β-unsaturated/α-hetero) is 5. The van der Waals surface area contributed by atoms with E-state index in [9.17, 15) is 92.7 Å². The first kappa shape index (κ1) is 91.4.